The van der Waals surface area contributed by atoms with E-state index in [4.69, 9.17) is 0 Å². The lowest BCUT2D eigenvalue weighted by Crippen LogP contribution is -2.25. The van der Waals surface area contributed by atoms with E-state index in [1.165, 1.54) is 27.6 Å². The number of amides is 1. The van der Waals surface area contributed by atoms with Crippen molar-refractivity contribution in [3.8, 4) is 5.69 Å². The van der Waals surface area contributed by atoms with Crippen molar-refractivity contribution in [3.05, 3.63) is 80.9 Å². The first-order valence-electron chi connectivity index (χ1n) is 9.88. The van der Waals surface area contributed by atoms with E-state index in [2.05, 4.69) is 31.3 Å². The second-order valence-electron chi connectivity index (χ2n) is 7.14. The minimum Gasteiger partial charge on any atom is -0.324 e. The molecule has 33 heavy (non-hydrogen) atoms. The van der Waals surface area contributed by atoms with Crippen LogP contribution in [0.2, 0.25) is 0 Å². The van der Waals surface area contributed by atoms with Gasteiger partial charge in [0, 0.05) is 16.6 Å². The van der Waals surface area contributed by atoms with E-state index in [1.54, 1.807) is 6.07 Å². The second kappa shape index (κ2) is 8.81. The molecule has 0 aliphatic rings. The second-order valence-corrected chi connectivity index (χ2v) is 7.99. The van der Waals surface area contributed by atoms with Gasteiger partial charge in [0.2, 0.25) is 5.91 Å². The SMILES string of the molecule is CCc1nc2c(cnn2CC(=O)Nc2ccc(C(F)(F)F)cc2)c(=O)n1-c1ccccc1Br. The highest BCUT2D eigenvalue weighted by Crippen LogP contribution is 2.29. The van der Waals surface area contributed by atoms with Gasteiger partial charge in [0.05, 0.1) is 17.4 Å². The van der Waals surface area contributed by atoms with Crippen molar-refractivity contribution < 1.29 is 18.0 Å². The highest BCUT2D eigenvalue weighted by atomic mass is 79.9. The van der Waals surface area contributed by atoms with Crippen molar-refractivity contribution in [3.63, 3.8) is 0 Å². The average Bonchev–Trinajstić information content (AvgIpc) is 3.16. The summed E-state index contributed by atoms with van der Waals surface area (Å²) in [7, 11) is 0. The van der Waals surface area contributed by atoms with Gasteiger partial charge in [-0.05, 0) is 52.3 Å². The maximum atomic E-state index is 13.2. The lowest BCUT2D eigenvalue weighted by Gasteiger charge is -2.13. The number of carbonyl (C=O) groups excluding carboxylic acids is 1. The lowest BCUT2D eigenvalue weighted by molar-refractivity contribution is -0.137. The Balaban J connectivity index is 1.63. The summed E-state index contributed by atoms with van der Waals surface area (Å²) in [5.41, 5.74) is -0.0263. The normalized spacial score (nSPS) is 11.7. The monoisotopic (exact) mass is 519 g/mol. The van der Waals surface area contributed by atoms with Crippen LogP contribution in [-0.2, 0) is 23.9 Å². The smallest absolute Gasteiger partial charge is 0.324 e. The molecule has 0 saturated carbocycles. The number of nitrogens with one attached hydrogen (secondary N) is 1. The van der Waals surface area contributed by atoms with Crippen LogP contribution in [0.3, 0.4) is 0 Å². The van der Waals surface area contributed by atoms with E-state index in [-0.39, 0.29) is 28.8 Å². The first-order valence-corrected chi connectivity index (χ1v) is 10.7. The van der Waals surface area contributed by atoms with E-state index in [9.17, 15) is 22.8 Å². The number of aromatic nitrogens is 4. The molecule has 1 amide bonds. The number of aryl methyl sites for hydroxylation is 1. The molecule has 2 aromatic carbocycles. The molecule has 0 spiro atoms. The molecule has 0 unspecified atom stereocenters. The fourth-order valence-electron chi connectivity index (χ4n) is 3.37. The van der Waals surface area contributed by atoms with Crippen molar-refractivity contribution in [2.45, 2.75) is 26.1 Å². The molecule has 4 rings (SSSR count). The molecular weight excluding hydrogens is 503 g/mol. The van der Waals surface area contributed by atoms with Gasteiger partial charge >= 0.3 is 6.18 Å². The maximum absolute atomic E-state index is 13.2. The predicted molar refractivity (Wildman–Crippen MR) is 120 cm³/mol. The van der Waals surface area contributed by atoms with E-state index < -0.39 is 17.6 Å². The van der Waals surface area contributed by atoms with Crippen LogP contribution in [0.25, 0.3) is 16.7 Å². The van der Waals surface area contributed by atoms with Crippen LogP contribution in [0.15, 0.2) is 64.0 Å². The van der Waals surface area contributed by atoms with Gasteiger partial charge in [0.1, 0.15) is 17.8 Å². The Morgan fingerprint density at radius 2 is 1.82 bits per heavy atom. The largest absolute Gasteiger partial charge is 0.416 e. The number of rotatable bonds is 5. The highest BCUT2D eigenvalue weighted by molar-refractivity contribution is 9.10. The van der Waals surface area contributed by atoms with Crippen molar-refractivity contribution >= 4 is 38.6 Å². The van der Waals surface area contributed by atoms with Gasteiger partial charge in [-0.1, -0.05) is 19.1 Å². The van der Waals surface area contributed by atoms with Gasteiger partial charge in [0.15, 0.2) is 5.65 Å². The van der Waals surface area contributed by atoms with E-state index in [0.717, 1.165) is 16.6 Å². The Labute approximate surface area is 194 Å². The molecule has 0 radical (unpaired) electrons. The zero-order valence-corrected chi connectivity index (χ0v) is 18.8. The fraction of sp³-hybridized carbons (Fsp3) is 0.182. The molecule has 2 heterocycles. The Hall–Kier alpha value is -3.47. The van der Waals surface area contributed by atoms with E-state index in [0.29, 0.717) is 17.9 Å². The molecule has 2 aromatic heterocycles. The van der Waals surface area contributed by atoms with Gasteiger partial charge in [0.25, 0.3) is 5.56 Å². The number of hydrogen-bond donors (Lipinski definition) is 1. The third kappa shape index (κ3) is 4.54. The zero-order valence-electron chi connectivity index (χ0n) is 17.2. The third-order valence-electron chi connectivity index (χ3n) is 4.94. The molecule has 11 heteroatoms. The number of fused-ring (bicyclic) bond motifs is 1. The molecule has 7 nitrogen and oxygen atoms in total. The quantitative estimate of drug-likeness (QED) is 0.419. The summed E-state index contributed by atoms with van der Waals surface area (Å²) in [4.78, 5) is 30.3. The first-order chi connectivity index (χ1) is 15.7. The molecule has 0 aliphatic heterocycles. The molecule has 1 N–H and O–H groups in total. The molecule has 0 fully saturated rings. The van der Waals surface area contributed by atoms with Crippen LogP contribution >= 0.6 is 15.9 Å². The number of halogens is 4. The van der Waals surface area contributed by atoms with Gasteiger partial charge in [-0.3, -0.25) is 14.2 Å². The summed E-state index contributed by atoms with van der Waals surface area (Å²) in [5.74, 6) is -0.0288. The summed E-state index contributed by atoms with van der Waals surface area (Å²) in [5, 5.41) is 6.90. The van der Waals surface area contributed by atoms with Crippen LogP contribution in [0, 0.1) is 0 Å². The first kappa shape index (κ1) is 22.7. The van der Waals surface area contributed by atoms with E-state index >= 15 is 0 Å². The summed E-state index contributed by atoms with van der Waals surface area (Å²) in [6, 6.07) is 11.4. The van der Waals surface area contributed by atoms with Crippen molar-refractivity contribution in [1.82, 2.24) is 19.3 Å². The molecule has 170 valence electrons. The third-order valence-corrected chi connectivity index (χ3v) is 5.61. The van der Waals surface area contributed by atoms with E-state index in [1.807, 2.05) is 25.1 Å². The van der Waals surface area contributed by atoms with Crippen molar-refractivity contribution in [2.75, 3.05) is 5.32 Å². The molecular formula is C22H17BrF3N5O2. The lowest BCUT2D eigenvalue weighted by atomic mass is 10.2. The minimum atomic E-state index is -4.46. The Morgan fingerprint density at radius 1 is 1.12 bits per heavy atom. The molecule has 0 bridgehead atoms. The summed E-state index contributed by atoms with van der Waals surface area (Å²) < 4.78 is 41.6. The van der Waals surface area contributed by atoms with Crippen LogP contribution in [-0.4, -0.2) is 25.2 Å². The number of benzene rings is 2. The summed E-state index contributed by atoms with van der Waals surface area (Å²) in [6.45, 7) is 1.60. The molecule has 0 saturated heterocycles. The Morgan fingerprint density at radius 3 is 2.45 bits per heavy atom. The summed E-state index contributed by atoms with van der Waals surface area (Å²) >= 11 is 3.46. The minimum absolute atomic E-state index is 0.211. The van der Waals surface area contributed by atoms with Gasteiger partial charge < -0.3 is 5.32 Å². The number of hydrogen-bond acceptors (Lipinski definition) is 4. The Bertz CT molecular complexity index is 1390. The molecule has 0 aliphatic carbocycles. The number of alkyl halides is 3. The number of carbonyl (C=O) groups is 1. The molecule has 4 aromatic rings. The van der Waals surface area contributed by atoms with Crippen LogP contribution in [0.4, 0.5) is 18.9 Å². The topological polar surface area (TPSA) is 81.8 Å². The van der Waals surface area contributed by atoms with Crippen molar-refractivity contribution in [1.29, 1.82) is 0 Å². The van der Waals surface area contributed by atoms with Crippen LogP contribution in [0.1, 0.15) is 18.3 Å². The average molecular weight is 520 g/mol. The number of nitrogens with zero attached hydrogens (tertiary/aromatic N) is 4. The zero-order chi connectivity index (χ0) is 23.8. The fourth-order valence-corrected chi connectivity index (χ4v) is 3.83. The highest BCUT2D eigenvalue weighted by Gasteiger charge is 2.30. The molecule has 0 atom stereocenters. The summed E-state index contributed by atoms with van der Waals surface area (Å²) in [6.07, 6.45) is -2.65. The Kier molecular flexibility index (Phi) is 6.07. The van der Waals surface area contributed by atoms with Crippen LogP contribution in [0.5, 0.6) is 0 Å². The standard InChI is InChI=1S/C22H17BrF3N5O2/c1-2-18-29-20-15(21(33)31(18)17-6-4-3-5-16(17)23)11-27-30(20)12-19(32)28-14-9-7-13(8-10-14)22(24,25)26/h3-11H,2,12H2,1H3,(H,28,32). The number of para-hydroxylation sites is 1. The maximum Gasteiger partial charge on any atom is 0.416 e. The number of anilines is 1. The van der Waals surface area contributed by atoms with Gasteiger partial charge in [-0.2, -0.15) is 18.3 Å². The van der Waals surface area contributed by atoms with Gasteiger partial charge in [-0.25, -0.2) is 9.67 Å². The van der Waals surface area contributed by atoms with Crippen molar-refractivity contribution in [2.24, 2.45) is 0 Å². The van der Waals surface area contributed by atoms with Gasteiger partial charge in [-0.15, -0.1) is 0 Å². The predicted octanol–water partition coefficient (Wildman–Crippen LogP) is 4.56. The van der Waals surface area contributed by atoms with Crippen LogP contribution < -0.4 is 10.9 Å².